The smallest absolute Gasteiger partial charge is 0.147 e. The number of benzene rings is 1. The molecule has 1 aromatic carbocycles. The topological polar surface area (TPSA) is 46.2 Å². The zero-order valence-corrected chi connectivity index (χ0v) is 7.35. The molecular formula is C8H8ClF2NO. The molecule has 1 atom stereocenters. The number of aliphatic hydroxyl groups excluding tert-OH is 1. The molecule has 1 aromatic rings. The number of nitrogens with two attached hydrogens (primary N) is 1. The SMILES string of the molecule is NCC(O)c1cc(F)cc(Cl)c1F. The molecule has 0 aliphatic carbocycles. The van der Waals surface area contributed by atoms with Gasteiger partial charge in [0.1, 0.15) is 11.6 Å². The van der Waals surface area contributed by atoms with Crippen LogP contribution in [0.4, 0.5) is 8.78 Å². The normalized spacial score (nSPS) is 13.0. The number of hydrogen-bond donors (Lipinski definition) is 2. The van der Waals surface area contributed by atoms with Crippen molar-refractivity contribution in [3.8, 4) is 0 Å². The third-order valence-corrected chi connectivity index (χ3v) is 1.88. The summed E-state index contributed by atoms with van der Waals surface area (Å²) < 4.78 is 25.8. The van der Waals surface area contributed by atoms with Crippen LogP contribution in [0.5, 0.6) is 0 Å². The summed E-state index contributed by atoms with van der Waals surface area (Å²) in [5, 5.41) is 8.81. The zero-order valence-electron chi connectivity index (χ0n) is 6.60. The Kier molecular flexibility index (Phi) is 3.19. The highest BCUT2D eigenvalue weighted by Gasteiger charge is 2.15. The molecule has 0 bridgehead atoms. The van der Waals surface area contributed by atoms with Crippen molar-refractivity contribution in [1.82, 2.24) is 0 Å². The van der Waals surface area contributed by atoms with Gasteiger partial charge in [0.25, 0.3) is 0 Å². The molecule has 0 heterocycles. The van der Waals surface area contributed by atoms with Crippen LogP contribution >= 0.6 is 11.6 Å². The highest BCUT2D eigenvalue weighted by Crippen LogP contribution is 2.24. The standard InChI is InChI=1S/C8H8ClF2NO/c9-6-2-4(10)1-5(8(6)11)7(13)3-12/h1-2,7,13H,3,12H2. The van der Waals surface area contributed by atoms with Crippen molar-refractivity contribution in [3.63, 3.8) is 0 Å². The molecule has 0 saturated heterocycles. The van der Waals surface area contributed by atoms with E-state index in [0.717, 1.165) is 12.1 Å². The van der Waals surface area contributed by atoms with Crippen LogP contribution in [0, 0.1) is 11.6 Å². The molecule has 0 aliphatic rings. The van der Waals surface area contributed by atoms with E-state index in [0.29, 0.717) is 0 Å². The predicted octanol–water partition coefficient (Wildman–Crippen LogP) is 1.61. The van der Waals surface area contributed by atoms with Crippen LogP contribution in [-0.4, -0.2) is 11.7 Å². The lowest BCUT2D eigenvalue weighted by atomic mass is 10.1. The van der Waals surface area contributed by atoms with Crippen molar-refractivity contribution in [2.75, 3.05) is 6.54 Å². The molecule has 0 spiro atoms. The van der Waals surface area contributed by atoms with Gasteiger partial charge >= 0.3 is 0 Å². The van der Waals surface area contributed by atoms with Crippen LogP contribution in [-0.2, 0) is 0 Å². The summed E-state index contributed by atoms with van der Waals surface area (Å²) in [5.41, 5.74) is 4.88. The third kappa shape index (κ3) is 2.15. The van der Waals surface area contributed by atoms with Gasteiger partial charge in [-0.25, -0.2) is 8.78 Å². The summed E-state index contributed by atoms with van der Waals surface area (Å²) in [4.78, 5) is 0. The second-order valence-corrected chi connectivity index (χ2v) is 2.95. The van der Waals surface area contributed by atoms with Gasteiger partial charge in [-0.15, -0.1) is 0 Å². The van der Waals surface area contributed by atoms with E-state index in [9.17, 15) is 8.78 Å². The molecule has 0 aromatic heterocycles. The summed E-state index contributed by atoms with van der Waals surface area (Å²) in [5.74, 6) is -1.53. The van der Waals surface area contributed by atoms with Gasteiger partial charge < -0.3 is 10.8 Å². The van der Waals surface area contributed by atoms with Crippen molar-refractivity contribution in [1.29, 1.82) is 0 Å². The Balaban J connectivity index is 3.20. The van der Waals surface area contributed by atoms with Crippen LogP contribution in [0.2, 0.25) is 5.02 Å². The van der Waals surface area contributed by atoms with E-state index in [1.807, 2.05) is 0 Å². The van der Waals surface area contributed by atoms with E-state index in [-0.39, 0.29) is 17.1 Å². The number of halogens is 3. The average Bonchev–Trinajstić information content (AvgIpc) is 2.10. The zero-order chi connectivity index (χ0) is 10.0. The monoisotopic (exact) mass is 207 g/mol. The van der Waals surface area contributed by atoms with Crippen molar-refractivity contribution in [3.05, 3.63) is 34.4 Å². The van der Waals surface area contributed by atoms with Gasteiger partial charge in [-0.2, -0.15) is 0 Å². The molecule has 0 aliphatic heterocycles. The summed E-state index contributed by atoms with van der Waals surface area (Å²) in [6.07, 6.45) is -1.23. The molecule has 0 fully saturated rings. The van der Waals surface area contributed by atoms with Gasteiger partial charge in [0.05, 0.1) is 11.1 Å². The highest BCUT2D eigenvalue weighted by molar-refractivity contribution is 6.30. The first-order valence-electron chi connectivity index (χ1n) is 3.59. The fourth-order valence-corrected chi connectivity index (χ4v) is 1.16. The minimum absolute atomic E-state index is 0.184. The second-order valence-electron chi connectivity index (χ2n) is 2.54. The number of rotatable bonds is 2. The maximum Gasteiger partial charge on any atom is 0.147 e. The maximum atomic E-state index is 13.1. The van der Waals surface area contributed by atoms with E-state index in [1.165, 1.54) is 0 Å². The summed E-state index contributed by atoms with van der Waals surface area (Å²) in [6.45, 7) is -0.184. The molecule has 0 radical (unpaired) electrons. The Hall–Kier alpha value is -0.710. The first-order chi connectivity index (χ1) is 6.06. The highest BCUT2D eigenvalue weighted by atomic mass is 35.5. The van der Waals surface area contributed by atoms with Crippen molar-refractivity contribution in [2.45, 2.75) is 6.10 Å². The molecule has 5 heteroatoms. The van der Waals surface area contributed by atoms with Crippen LogP contribution in [0.3, 0.4) is 0 Å². The molecular weight excluding hydrogens is 200 g/mol. The minimum atomic E-state index is -1.23. The fourth-order valence-electron chi connectivity index (χ4n) is 0.945. The van der Waals surface area contributed by atoms with Crippen molar-refractivity contribution < 1.29 is 13.9 Å². The van der Waals surface area contributed by atoms with E-state index < -0.39 is 17.7 Å². The maximum absolute atomic E-state index is 13.1. The Morgan fingerprint density at radius 3 is 2.62 bits per heavy atom. The Morgan fingerprint density at radius 2 is 2.08 bits per heavy atom. The first kappa shape index (κ1) is 10.4. The first-order valence-corrected chi connectivity index (χ1v) is 3.96. The summed E-state index contributed by atoms with van der Waals surface area (Å²) in [7, 11) is 0. The molecule has 0 saturated carbocycles. The Bertz CT molecular complexity index is 319. The van der Waals surface area contributed by atoms with E-state index in [2.05, 4.69) is 0 Å². The third-order valence-electron chi connectivity index (χ3n) is 1.60. The Morgan fingerprint density at radius 1 is 1.46 bits per heavy atom. The number of hydrogen-bond acceptors (Lipinski definition) is 2. The van der Waals surface area contributed by atoms with Crippen LogP contribution in [0.25, 0.3) is 0 Å². The van der Waals surface area contributed by atoms with E-state index >= 15 is 0 Å². The fraction of sp³-hybridized carbons (Fsp3) is 0.250. The van der Waals surface area contributed by atoms with Gasteiger partial charge in [0, 0.05) is 12.1 Å². The van der Waals surface area contributed by atoms with E-state index in [1.54, 1.807) is 0 Å². The van der Waals surface area contributed by atoms with E-state index in [4.69, 9.17) is 22.4 Å². The molecule has 72 valence electrons. The molecule has 13 heavy (non-hydrogen) atoms. The van der Waals surface area contributed by atoms with Crippen LogP contribution in [0.15, 0.2) is 12.1 Å². The average molecular weight is 208 g/mol. The van der Waals surface area contributed by atoms with Crippen molar-refractivity contribution >= 4 is 11.6 Å². The Labute approximate surface area is 78.9 Å². The number of aliphatic hydroxyl groups is 1. The van der Waals surface area contributed by atoms with Gasteiger partial charge in [-0.3, -0.25) is 0 Å². The second kappa shape index (κ2) is 4.00. The van der Waals surface area contributed by atoms with Crippen LogP contribution < -0.4 is 5.73 Å². The summed E-state index contributed by atoms with van der Waals surface area (Å²) in [6, 6.07) is 1.71. The molecule has 3 N–H and O–H groups in total. The van der Waals surface area contributed by atoms with Gasteiger partial charge in [0.15, 0.2) is 0 Å². The molecule has 0 amide bonds. The largest absolute Gasteiger partial charge is 0.387 e. The quantitative estimate of drug-likeness (QED) is 0.724. The lowest BCUT2D eigenvalue weighted by Crippen LogP contribution is -2.13. The predicted molar refractivity (Wildman–Crippen MR) is 45.4 cm³/mol. The van der Waals surface area contributed by atoms with Gasteiger partial charge in [-0.1, -0.05) is 11.6 Å². The van der Waals surface area contributed by atoms with Gasteiger partial charge in [-0.05, 0) is 12.1 Å². The van der Waals surface area contributed by atoms with Gasteiger partial charge in [0.2, 0.25) is 0 Å². The van der Waals surface area contributed by atoms with Crippen LogP contribution in [0.1, 0.15) is 11.7 Å². The lowest BCUT2D eigenvalue weighted by molar-refractivity contribution is 0.181. The molecule has 1 unspecified atom stereocenters. The minimum Gasteiger partial charge on any atom is -0.387 e. The summed E-state index contributed by atoms with van der Waals surface area (Å²) >= 11 is 5.35. The lowest BCUT2D eigenvalue weighted by Gasteiger charge is -2.09. The molecule has 2 nitrogen and oxygen atoms in total. The molecule has 1 rings (SSSR count). The van der Waals surface area contributed by atoms with Crippen molar-refractivity contribution in [2.24, 2.45) is 5.73 Å².